The number of hydrogen-bond donors (Lipinski definition) is 1. The summed E-state index contributed by atoms with van der Waals surface area (Å²) in [5.41, 5.74) is 0.545. The van der Waals surface area contributed by atoms with Crippen molar-refractivity contribution in [3.63, 3.8) is 0 Å². The van der Waals surface area contributed by atoms with E-state index in [-0.39, 0.29) is 17.4 Å². The second-order valence-electron chi connectivity index (χ2n) is 6.65. The third-order valence-corrected chi connectivity index (χ3v) is 6.00. The van der Waals surface area contributed by atoms with Crippen LogP contribution in [0.1, 0.15) is 32.3 Å². The lowest BCUT2D eigenvalue weighted by atomic mass is 10.0. The normalized spacial score (nSPS) is 23.1. The zero-order chi connectivity index (χ0) is 16.9. The molecule has 0 spiro atoms. The highest BCUT2D eigenvalue weighted by molar-refractivity contribution is 7.91. The van der Waals surface area contributed by atoms with E-state index in [1.807, 2.05) is 37.3 Å². The monoisotopic (exact) mass is 338 g/mol. The molecule has 1 aliphatic heterocycles. The smallest absolute Gasteiger partial charge is 0.234 e. The van der Waals surface area contributed by atoms with Crippen LogP contribution in [0.3, 0.4) is 0 Å². The summed E-state index contributed by atoms with van der Waals surface area (Å²) < 4.78 is 23.3. The summed E-state index contributed by atoms with van der Waals surface area (Å²) in [5, 5.41) is 2.93. The maximum Gasteiger partial charge on any atom is 0.234 e. The van der Waals surface area contributed by atoms with Crippen LogP contribution < -0.4 is 5.32 Å². The molecule has 1 heterocycles. The average Bonchev–Trinajstić information content (AvgIpc) is 2.73. The van der Waals surface area contributed by atoms with Crippen molar-refractivity contribution >= 4 is 15.7 Å². The largest absolute Gasteiger partial charge is 0.349 e. The Morgan fingerprint density at radius 1 is 1.30 bits per heavy atom. The summed E-state index contributed by atoms with van der Waals surface area (Å²) in [6, 6.07) is 10.0. The molecule has 0 saturated carbocycles. The van der Waals surface area contributed by atoms with E-state index in [1.165, 1.54) is 5.56 Å². The van der Waals surface area contributed by atoms with Gasteiger partial charge < -0.3 is 5.32 Å². The molecule has 0 aliphatic carbocycles. The van der Waals surface area contributed by atoms with Crippen LogP contribution in [0, 0.1) is 0 Å². The van der Waals surface area contributed by atoms with Gasteiger partial charge in [0.15, 0.2) is 9.84 Å². The average molecular weight is 338 g/mol. The minimum absolute atomic E-state index is 0.0399. The number of hydrogen-bond acceptors (Lipinski definition) is 4. The van der Waals surface area contributed by atoms with Crippen molar-refractivity contribution in [1.82, 2.24) is 10.2 Å². The highest BCUT2D eigenvalue weighted by Crippen LogP contribution is 2.22. The molecule has 128 valence electrons. The molecule has 1 unspecified atom stereocenters. The summed E-state index contributed by atoms with van der Waals surface area (Å²) in [5.74, 6) is 0.0963. The zero-order valence-electron chi connectivity index (χ0n) is 13.9. The molecule has 5 nitrogen and oxygen atoms in total. The molecule has 1 aliphatic rings. The van der Waals surface area contributed by atoms with Crippen LogP contribution >= 0.6 is 0 Å². The second kappa shape index (κ2) is 7.45. The van der Waals surface area contributed by atoms with Gasteiger partial charge in [-0.05, 0) is 31.9 Å². The van der Waals surface area contributed by atoms with E-state index in [0.717, 1.165) is 19.5 Å². The Morgan fingerprint density at radius 3 is 2.57 bits per heavy atom. The summed E-state index contributed by atoms with van der Waals surface area (Å²) in [6.45, 7) is 5.74. The first-order valence-corrected chi connectivity index (χ1v) is 9.92. The Balaban J connectivity index is 1.93. The van der Waals surface area contributed by atoms with E-state index in [9.17, 15) is 13.2 Å². The number of rotatable bonds is 7. The molecule has 1 atom stereocenters. The van der Waals surface area contributed by atoms with Gasteiger partial charge in [0.25, 0.3) is 0 Å². The van der Waals surface area contributed by atoms with Gasteiger partial charge in [-0.25, -0.2) is 8.42 Å². The predicted octanol–water partition coefficient (Wildman–Crippen LogP) is 1.59. The van der Waals surface area contributed by atoms with Gasteiger partial charge in [-0.1, -0.05) is 37.3 Å². The van der Waals surface area contributed by atoms with Gasteiger partial charge in [-0.2, -0.15) is 0 Å². The van der Waals surface area contributed by atoms with Crippen molar-refractivity contribution < 1.29 is 13.2 Å². The molecule has 1 amide bonds. The molecular weight excluding hydrogens is 312 g/mol. The number of carbonyl (C=O) groups is 1. The third-order valence-electron chi connectivity index (χ3n) is 4.10. The number of nitrogens with one attached hydrogen (secondary N) is 1. The minimum atomic E-state index is -3.02. The van der Waals surface area contributed by atoms with E-state index < -0.39 is 15.4 Å². The van der Waals surface area contributed by atoms with Crippen LogP contribution in [0.4, 0.5) is 0 Å². The summed E-state index contributed by atoms with van der Waals surface area (Å²) in [6.07, 6.45) is 1.46. The standard InChI is InChI=1S/C17H26N2O3S/c1-3-10-19(12-15-7-5-4-6-8-15)13-16(20)18-17(2)9-11-23(21,22)14-17/h4-8H,3,9-14H2,1-2H3,(H,18,20). The van der Waals surface area contributed by atoms with Gasteiger partial charge in [-0.15, -0.1) is 0 Å². The van der Waals surface area contributed by atoms with Crippen LogP contribution in [-0.4, -0.2) is 49.4 Å². The van der Waals surface area contributed by atoms with E-state index in [1.54, 1.807) is 0 Å². The minimum Gasteiger partial charge on any atom is -0.349 e. The van der Waals surface area contributed by atoms with Crippen molar-refractivity contribution in [2.75, 3.05) is 24.6 Å². The lowest BCUT2D eigenvalue weighted by molar-refractivity contribution is -0.123. The highest BCUT2D eigenvalue weighted by Gasteiger charge is 2.39. The van der Waals surface area contributed by atoms with Crippen molar-refractivity contribution in [3.8, 4) is 0 Å². The molecule has 1 fully saturated rings. The Morgan fingerprint density at radius 2 is 2.00 bits per heavy atom. The lowest BCUT2D eigenvalue weighted by Gasteiger charge is -2.27. The molecule has 0 bridgehead atoms. The Bertz CT molecular complexity index is 630. The van der Waals surface area contributed by atoms with Gasteiger partial charge in [0.2, 0.25) is 5.91 Å². The van der Waals surface area contributed by atoms with Crippen molar-refractivity contribution in [1.29, 1.82) is 0 Å². The van der Waals surface area contributed by atoms with Crippen molar-refractivity contribution in [2.24, 2.45) is 0 Å². The third kappa shape index (κ3) is 5.62. The molecule has 0 aromatic heterocycles. The van der Waals surface area contributed by atoms with Crippen LogP contribution in [0.25, 0.3) is 0 Å². The maximum absolute atomic E-state index is 12.3. The van der Waals surface area contributed by atoms with E-state index in [4.69, 9.17) is 0 Å². The molecule has 6 heteroatoms. The highest BCUT2D eigenvalue weighted by atomic mass is 32.2. The van der Waals surface area contributed by atoms with Crippen LogP contribution in [0.5, 0.6) is 0 Å². The van der Waals surface area contributed by atoms with Crippen LogP contribution in [0.15, 0.2) is 30.3 Å². The number of amides is 1. The van der Waals surface area contributed by atoms with Gasteiger partial charge in [0.1, 0.15) is 0 Å². The Kier molecular flexibility index (Phi) is 5.81. The predicted molar refractivity (Wildman–Crippen MR) is 91.8 cm³/mol. The number of benzene rings is 1. The molecular formula is C17H26N2O3S. The zero-order valence-corrected chi connectivity index (χ0v) is 14.7. The van der Waals surface area contributed by atoms with E-state index in [2.05, 4.69) is 17.1 Å². The summed E-state index contributed by atoms with van der Waals surface area (Å²) >= 11 is 0. The van der Waals surface area contributed by atoms with Crippen LogP contribution in [-0.2, 0) is 21.2 Å². The van der Waals surface area contributed by atoms with Crippen molar-refractivity contribution in [3.05, 3.63) is 35.9 Å². The lowest BCUT2D eigenvalue weighted by Crippen LogP contribution is -2.50. The fourth-order valence-corrected chi connectivity index (χ4v) is 5.15. The molecule has 0 radical (unpaired) electrons. The fraction of sp³-hybridized carbons (Fsp3) is 0.588. The van der Waals surface area contributed by atoms with Crippen molar-refractivity contribution in [2.45, 2.75) is 38.8 Å². The van der Waals surface area contributed by atoms with E-state index in [0.29, 0.717) is 13.0 Å². The number of nitrogens with zero attached hydrogens (tertiary/aromatic N) is 1. The van der Waals surface area contributed by atoms with Crippen LogP contribution in [0.2, 0.25) is 0 Å². The first-order chi connectivity index (χ1) is 10.8. The maximum atomic E-state index is 12.3. The summed E-state index contributed by atoms with van der Waals surface area (Å²) in [4.78, 5) is 14.4. The van der Waals surface area contributed by atoms with Gasteiger partial charge in [0.05, 0.1) is 23.6 Å². The SMILES string of the molecule is CCCN(CC(=O)NC1(C)CCS(=O)(=O)C1)Cc1ccccc1. The van der Waals surface area contributed by atoms with E-state index >= 15 is 0 Å². The second-order valence-corrected chi connectivity index (χ2v) is 8.83. The Hall–Kier alpha value is -1.40. The fourth-order valence-electron chi connectivity index (χ4n) is 3.06. The molecule has 2 rings (SSSR count). The Labute approximate surface area is 139 Å². The first kappa shape index (κ1) is 17.9. The van der Waals surface area contributed by atoms with Gasteiger partial charge in [-0.3, -0.25) is 9.69 Å². The van der Waals surface area contributed by atoms with Gasteiger partial charge in [0, 0.05) is 6.54 Å². The first-order valence-electron chi connectivity index (χ1n) is 8.10. The molecule has 1 aromatic rings. The quantitative estimate of drug-likeness (QED) is 0.820. The van der Waals surface area contributed by atoms with Gasteiger partial charge >= 0.3 is 0 Å². The number of carbonyl (C=O) groups excluding carboxylic acids is 1. The molecule has 1 aromatic carbocycles. The molecule has 1 N–H and O–H groups in total. The summed E-state index contributed by atoms with van der Waals surface area (Å²) in [7, 11) is -3.02. The molecule has 1 saturated heterocycles. The number of sulfone groups is 1. The topological polar surface area (TPSA) is 66.5 Å². The molecule has 23 heavy (non-hydrogen) atoms.